The number of carbonyl (C=O) groups excluding carboxylic acids is 1. The molecule has 3 N–H and O–H groups in total. The number of nitrogens with one attached hydrogen (secondary N) is 1. The Morgan fingerprint density at radius 2 is 2.50 bits per heavy atom. The number of nitrogens with zero attached hydrogens (tertiary/aromatic N) is 3. The van der Waals surface area contributed by atoms with E-state index in [1.807, 2.05) is 11.5 Å². The second-order valence-corrected chi connectivity index (χ2v) is 2.85. The molecule has 6 nitrogen and oxygen atoms in total. The van der Waals surface area contributed by atoms with Crippen molar-refractivity contribution in [3.8, 4) is 0 Å². The maximum atomic E-state index is 11.1. The van der Waals surface area contributed by atoms with E-state index in [0.29, 0.717) is 19.5 Å². The molecule has 1 aromatic rings. The molecule has 1 amide bonds. The fourth-order valence-electron chi connectivity index (χ4n) is 1.08. The quantitative estimate of drug-likeness (QED) is 0.651. The van der Waals surface area contributed by atoms with E-state index in [9.17, 15) is 4.79 Å². The van der Waals surface area contributed by atoms with Gasteiger partial charge in [-0.1, -0.05) is 0 Å². The summed E-state index contributed by atoms with van der Waals surface area (Å²) in [6.07, 6.45) is 1.99. The van der Waals surface area contributed by atoms with Crippen LogP contribution in [-0.2, 0) is 17.9 Å². The van der Waals surface area contributed by atoms with Crippen molar-refractivity contribution >= 4 is 5.91 Å². The van der Waals surface area contributed by atoms with Crippen molar-refractivity contribution in [2.75, 3.05) is 6.54 Å². The molecule has 6 heteroatoms. The topological polar surface area (TPSA) is 85.8 Å². The maximum Gasteiger partial charge on any atom is 0.221 e. The van der Waals surface area contributed by atoms with Crippen molar-refractivity contribution in [1.29, 1.82) is 0 Å². The van der Waals surface area contributed by atoms with Crippen LogP contribution in [0, 0.1) is 0 Å². The van der Waals surface area contributed by atoms with Gasteiger partial charge in [-0.25, -0.2) is 0 Å². The van der Waals surface area contributed by atoms with E-state index in [2.05, 4.69) is 15.5 Å². The number of aryl methyl sites for hydroxylation is 1. The third-order valence-corrected chi connectivity index (χ3v) is 1.85. The highest BCUT2D eigenvalue weighted by molar-refractivity contribution is 5.75. The molecular weight excluding hydrogens is 182 g/mol. The molecular formula is C8H15N5O. The normalized spacial score (nSPS) is 10.1. The summed E-state index contributed by atoms with van der Waals surface area (Å²) in [4.78, 5) is 11.1. The van der Waals surface area contributed by atoms with Crippen LogP contribution < -0.4 is 11.1 Å². The molecule has 78 valence electrons. The second kappa shape index (κ2) is 5.33. The summed E-state index contributed by atoms with van der Waals surface area (Å²) >= 11 is 0. The number of hydrogen-bond donors (Lipinski definition) is 2. The van der Waals surface area contributed by atoms with E-state index < -0.39 is 0 Å². The molecule has 0 bridgehead atoms. The predicted octanol–water partition coefficient (Wildman–Crippen LogP) is -0.737. The van der Waals surface area contributed by atoms with Crippen LogP contribution in [0.4, 0.5) is 0 Å². The highest BCUT2D eigenvalue weighted by Gasteiger charge is 2.04. The smallest absolute Gasteiger partial charge is 0.221 e. The van der Waals surface area contributed by atoms with Gasteiger partial charge in [-0.3, -0.25) is 4.79 Å². The van der Waals surface area contributed by atoms with Gasteiger partial charge in [0, 0.05) is 19.5 Å². The van der Waals surface area contributed by atoms with Gasteiger partial charge < -0.3 is 15.6 Å². The standard InChI is InChI=1S/C8H15N5O/c1-2-13-6-11-12-7(13)5-10-8(14)3-4-9/h6H,2-5,9H2,1H3,(H,10,14). The zero-order valence-electron chi connectivity index (χ0n) is 8.23. The van der Waals surface area contributed by atoms with Gasteiger partial charge in [0.1, 0.15) is 6.33 Å². The molecule has 1 rings (SSSR count). The Bertz CT molecular complexity index is 296. The number of hydrogen-bond acceptors (Lipinski definition) is 4. The monoisotopic (exact) mass is 197 g/mol. The molecule has 0 saturated carbocycles. The third kappa shape index (κ3) is 2.81. The summed E-state index contributed by atoms with van der Waals surface area (Å²) < 4.78 is 1.88. The van der Waals surface area contributed by atoms with Crippen molar-refractivity contribution in [1.82, 2.24) is 20.1 Å². The van der Waals surface area contributed by atoms with Crippen LogP contribution in [0.5, 0.6) is 0 Å². The van der Waals surface area contributed by atoms with Crippen LogP contribution in [0.3, 0.4) is 0 Å². The van der Waals surface area contributed by atoms with E-state index in [4.69, 9.17) is 5.73 Å². The molecule has 0 atom stereocenters. The lowest BCUT2D eigenvalue weighted by atomic mass is 10.4. The molecule has 0 spiro atoms. The summed E-state index contributed by atoms with van der Waals surface area (Å²) in [5.74, 6) is 0.705. The highest BCUT2D eigenvalue weighted by atomic mass is 16.1. The number of rotatable bonds is 5. The average Bonchev–Trinajstić information content (AvgIpc) is 2.62. The molecule has 0 fully saturated rings. The van der Waals surface area contributed by atoms with E-state index in [0.717, 1.165) is 12.4 Å². The minimum Gasteiger partial charge on any atom is -0.349 e. The van der Waals surface area contributed by atoms with Crippen molar-refractivity contribution in [2.45, 2.75) is 26.4 Å². The minimum absolute atomic E-state index is 0.0573. The highest BCUT2D eigenvalue weighted by Crippen LogP contribution is 1.93. The van der Waals surface area contributed by atoms with E-state index in [1.54, 1.807) is 6.33 Å². The van der Waals surface area contributed by atoms with Crippen molar-refractivity contribution in [3.63, 3.8) is 0 Å². The fraction of sp³-hybridized carbons (Fsp3) is 0.625. The molecule has 14 heavy (non-hydrogen) atoms. The summed E-state index contributed by atoms with van der Waals surface area (Å²) in [5, 5.41) is 10.4. The summed E-state index contributed by atoms with van der Waals surface area (Å²) in [5.41, 5.74) is 5.24. The minimum atomic E-state index is -0.0573. The average molecular weight is 197 g/mol. The number of aromatic nitrogens is 3. The number of carbonyl (C=O) groups is 1. The predicted molar refractivity (Wildman–Crippen MR) is 51.2 cm³/mol. The summed E-state index contributed by atoms with van der Waals surface area (Å²) in [6.45, 7) is 3.57. The Morgan fingerprint density at radius 3 is 3.14 bits per heavy atom. The SMILES string of the molecule is CCn1cnnc1CNC(=O)CCN. The van der Waals surface area contributed by atoms with Crippen LogP contribution in [0.1, 0.15) is 19.2 Å². The van der Waals surface area contributed by atoms with Crippen LogP contribution in [0.15, 0.2) is 6.33 Å². The molecule has 0 radical (unpaired) electrons. The zero-order valence-corrected chi connectivity index (χ0v) is 8.23. The largest absolute Gasteiger partial charge is 0.349 e. The lowest BCUT2D eigenvalue weighted by molar-refractivity contribution is -0.121. The molecule has 0 unspecified atom stereocenters. The Labute approximate surface area is 82.5 Å². The third-order valence-electron chi connectivity index (χ3n) is 1.85. The molecule has 0 aromatic carbocycles. The van der Waals surface area contributed by atoms with Gasteiger partial charge in [-0.15, -0.1) is 10.2 Å². The second-order valence-electron chi connectivity index (χ2n) is 2.85. The van der Waals surface area contributed by atoms with Gasteiger partial charge in [0.25, 0.3) is 0 Å². The number of amides is 1. The van der Waals surface area contributed by atoms with E-state index in [1.165, 1.54) is 0 Å². The Hall–Kier alpha value is -1.43. The van der Waals surface area contributed by atoms with Crippen LogP contribution in [0.2, 0.25) is 0 Å². The van der Waals surface area contributed by atoms with Gasteiger partial charge >= 0.3 is 0 Å². The maximum absolute atomic E-state index is 11.1. The van der Waals surface area contributed by atoms with Gasteiger partial charge in [0.05, 0.1) is 6.54 Å². The first-order valence-electron chi connectivity index (χ1n) is 4.61. The van der Waals surface area contributed by atoms with Crippen molar-refractivity contribution in [2.24, 2.45) is 5.73 Å². The van der Waals surface area contributed by atoms with Crippen molar-refractivity contribution < 1.29 is 4.79 Å². The Balaban J connectivity index is 2.41. The van der Waals surface area contributed by atoms with Gasteiger partial charge in [-0.2, -0.15) is 0 Å². The first-order valence-corrected chi connectivity index (χ1v) is 4.61. The molecule has 1 aromatic heterocycles. The fourth-order valence-corrected chi connectivity index (χ4v) is 1.08. The zero-order chi connectivity index (χ0) is 10.4. The lowest BCUT2D eigenvalue weighted by Crippen LogP contribution is -2.26. The van der Waals surface area contributed by atoms with Crippen LogP contribution in [0.25, 0.3) is 0 Å². The first-order chi connectivity index (χ1) is 6.77. The molecule has 0 aliphatic carbocycles. The Morgan fingerprint density at radius 1 is 1.71 bits per heavy atom. The van der Waals surface area contributed by atoms with Crippen molar-refractivity contribution in [3.05, 3.63) is 12.2 Å². The Kier molecular flexibility index (Phi) is 4.06. The summed E-state index contributed by atoms with van der Waals surface area (Å²) in [6, 6.07) is 0. The molecule has 0 saturated heterocycles. The molecule has 1 heterocycles. The van der Waals surface area contributed by atoms with Crippen LogP contribution in [-0.4, -0.2) is 27.2 Å². The van der Waals surface area contributed by atoms with E-state index >= 15 is 0 Å². The van der Waals surface area contributed by atoms with Gasteiger partial charge in [0.15, 0.2) is 5.82 Å². The molecule has 0 aliphatic heterocycles. The van der Waals surface area contributed by atoms with Crippen LogP contribution >= 0.6 is 0 Å². The molecule has 0 aliphatic rings. The summed E-state index contributed by atoms with van der Waals surface area (Å²) in [7, 11) is 0. The first kappa shape index (κ1) is 10.6. The van der Waals surface area contributed by atoms with Gasteiger partial charge in [0.2, 0.25) is 5.91 Å². The number of nitrogens with two attached hydrogens (primary N) is 1. The van der Waals surface area contributed by atoms with Gasteiger partial charge in [-0.05, 0) is 6.92 Å². The lowest BCUT2D eigenvalue weighted by Gasteiger charge is -2.04. The van der Waals surface area contributed by atoms with E-state index in [-0.39, 0.29) is 5.91 Å².